The summed E-state index contributed by atoms with van der Waals surface area (Å²) in [6.45, 7) is 0.786. The molecule has 0 aromatic heterocycles. The van der Waals surface area contributed by atoms with E-state index >= 15 is 0 Å². The van der Waals surface area contributed by atoms with Gasteiger partial charge in [0.15, 0.2) is 0 Å². The molecule has 0 aromatic carbocycles. The summed E-state index contributed by atoms with van der Waals surface area (Å²) in [6.07, 6.45) is 6.22. The van der Waals surface area contributed by atoms with Gasteiger partial charge in [-0.05, 0) is 25.7 Å². The zero-order chi connectivity index (χ0) is 15.1. The third-order valence-corrected chi connectivity index (χ3v) is 3.22. The molecule has 1 saturated heterocycles. The molecule has 10 nitrogen and oxygen atoms in total. The largest absolute Gasteiger partial charge is 0.480 e. The molecule has 0 aromatic rings. The molecule has 141 valence electrons. The molecular weight excluding hydrogens is 364 g/mol. The second-order valence-corrected chi connectivity index (χ2v) is 4.70. The maximum atomic E-state index is 10.4. The van der Waals surface area contributed by atoms with E-state index < -0.39 is 24.0 Å². The Morgan fingerprint density at radius 2 is 1.48 bits per heavy atom. The Balaban J connectivity index is -0.000000308. The molecule has 1 fully saturated rings. The van der Waals surface area contributed by atoms with Crippen LogP contribution in [0.2, 0.25) is 0 Å². The van der Waals surface area contributed by atoms with Crippen LogP contribution < -0.4 is 0 Å². The van der Waals surface area contributed by atoms with E-state index in [2.05, 4.69) is 0 Å². The van der Waals surface area contributed by atoms with Crippen LogP contribution in [0.15, 0.2) is 12.2 Å². The SMILES string of the molecule is O=C(O)C1CC=CCN1O.O=C(O)C1CCCCN1O.[Cu].[OH3+].[OH3+]. The first-order valence-electron chi connectivity index (χ1n) is 6.45. The fourth-order valence-corrected chi connectivity index (χ4v) is 2.05. The minimum atomic E-state index is -0.980. The van der Waals surface area contributed by atoms with Crippen LogP contribution in [0.1, 0.15) is 25.7 Å². The van der Waals surface area contributed by atoms with Gasteiger partial charge in [0.25, 0.3) is 0 Å². The summed E-state index contributed by atoms with van der Waals surface area (Å²) in [5.74, 6) is -1.91. The van der Waals surface area contributed by atoms with Crippen LogP contribution in [0.4, 0.5) is 0 Å². The van der Waals surface area contributed by atoms with Gasteiger partial charge in [0, 0.05) is 30.2 Å². The van der Waals surface area contributed by atoms with Crippen LogP contribution in [0.3, 0.4) is 0 Å². The topological polar surface area (TPSA) is 188 Å². The van der Waals surface area contributed by atoms with Crippen LogP contribution in [0.25, 0.3) is 0 Å². The monoisotopic (exact) mass is 389 g/mol. The first-order valence-corrected chi connectivity index (χ1v) is 6.45. The number of hydrogen-bond acceptors (Lipinski definition) is 6. The van der Waals surface area contributed by atoms with E-state index in [1.807, 2.05) is 0 Å². The van der Waals surface area contributed by atoms with Gasteiger partial charge in [-0.2, -0.15) is 10.1 Å². The molecule has 2 heterocycles. The molecule has 2 rings (SSSR count). The summed E-state index contributed by atoms with van der Waals surface area (Å²) in [6, 6.07) is -1.43. The second kappa shape index (κ2) is 13.4. The van der Waals surface area contributed by atoms with E-state index in [1.54, 1.807) is 12.2 Å². The number of nitrogens with zero attached hydrogens (tertiary/aromatic N) is 2. The van der Waals surface area contributed by atoms with E-state index in [9.17, 15) is 9.59 Å². The van der Waals surface area contributed by atoms with Crippen molar-refractivity contribution < 1.29 is 58.2 Å². The van der Waals surface area contributed by atoms with Gasteiger partial charge >= 0.3 is 11.9 Å². The molecule has 1 radical (unpaired) electrons. The molecule has 2 aliphatic heterocycles. The second-order valence-electron chi connectivity index (χ2n) is 4.70. The third kappa shape index (κ3) is 8.98. The van der Waals surface area contributed by atoms with Gasteiger partial charge in [-0.1, -0.05) is 12.2 Å². The summed E-state index contributed by atoms with van der Waals surface area (Å²) in [4.78, 5) is 20.7. The maximum absolute atomic E-state index is 10.4. The first kappa shape index (κ1) is 26.8. The van der Waals surface area contributed by atoms with Gasteiger partial charge in [-0.3, -0.25) is 9.59 Å². The number of rotatable bonds is 2. The average molecular weight is 390 g/mol. The Labute approximate surface area is 144 Å². The number of hydrogen-bond donors (Lipinski definition) is 4. The van der Waals surface area contributed by atoms with Crippen LogP contribution in [-0.2, 0) is 37.6 Å². The van der Waals surface area contributed by atoms with E-state index in [0.717, 1.165) is 23.0 Å². The molecule has 2 atom stereocenters. The van der Waals surface area contributed by atoms with E-state index in [1.165, 1.54) is 0 Å². The predicted molar refractivity (Wildman–Crippen MR) is 77.2 cm³/mol. The Kier molecular flexibility index (Phi) is 15.6. The Bertz CT molecular complexity index is 382. The summed E-state index contributed by atoms with van der Waals surface area (Å²) in [5, 5.41) is 36.6. The molecule has 11 heteroatoms. The fraction of sp³-hybridized carbons (Fsp3) is 0.667. The average Bonchev–Trinajstić information content (AvgIpc) is 2.40. The zero-order valence-corrected chi connectivity index (χ0v) is 13.4. The van der Waals surface area contributed by atoms with Crippen molar-refractivity contribution in [2.45, 2.75) is 37.8 Å². The summed E-state index contributed by atoms with van der Waals surface area (Å²) < 4.78 is 0. The van der Waals surface area contributed by atoms with Crippen molar-refractivity contribution in [2.75, 3.05) is 13.1 Å². The normalized spacial score (nSPS) is 23.9. The molecule has 0 amide bonds. The van der Waals surface area contributed by atoms with Crippen LogP contribution in [0.5, 0.6) is 0 Å². The van der Waals surface area contributed by atoms with E-state index in [0.29, 0.717) is 25.9 Å². The molecule has 10 N–H and O–H groups in total. The summed E-state index contributed by atoms with van der Waals surface area (Å²) in [7, 11) is 0. The Hall–Kier alpha value is -1.04. The van der Waals surface area contributed by atoms with Crippen molar-refractivity contribution >= 4 is 11.9 Å². The smallest absolute Gasteiger partial charge is 0.323 e. The predicted octanol–water partition coefficient (Wildman–Crippen LogP) is -1.44. The van der Waals surface area contributed by atoms with Gasteiger partial charge in [-0.15, -0.1) is 0 Å². The Morgan fingerprint density at radius 1 is 0.913 bits per heavy atom. The van der Waals surface area contributed by atoms with Crippen molar-refractivity contribution in [1.29, 1.82) is 0 Å². The van der Waals surface area contributed by atoms with Crippen LogP contribution in [-0.4, -0.2) is 67.9 Å². The van der Waals surface area contributed by atoms with Crippen molar-refractivity contribution in [3.05, 3.63) is 12.2 Å². The first-order chi connectivity index (χ1) is 9.43. The molecule has 2 aliphatic rings. The van der Waals surface area contributed by atoms with Crippen molar-refractivity contribution in [3.8, 4) is 0 Å². The van der Waals surface area contributed by atoms with Crippen LogP contribution in [0, 0.1) is 0 Å². The number of hydroxylamine groups is 4. The number of carboxylic acid groups (broad SMARTS) is 2. The molecule has 0 aliphatic carbocycles. The summed E-state index contributed by atoms with van der Waals surface area (Å²) in [5.41, 5.74) is 0. The number of aliphatic carboxylic acids is 2. The van der Waals surface area contributed by atoms with Gasteiger partial charge in [0.1, 0.15) is 12.1 Å². The molecule has 2 unspecified atom stereocenters. The molecular formula is C12H26CuN2O8+2. The minimum Gasteiger partial charge on any atom is -0.480 e. The van der Waals surface area contributed by atoms with E-state index in [4.69, 9.17) is 20.6 Å². The fourth-order valence-electron chi connectivity index (χ4n) is 2.05. The standard InChI is InChI=1S/C6H11NO3.C6H9NO3.Cu.2H2O/c2*8-6(9)5-3-1-2-4-7(5)10;;;/h5,10H,1-4H2,(H,8,9);1-2,5,10H,3-4H2,(H,8,9);;2*1H2/p+2. The number of carbonyl (C=O) groups is 2. The zero-order valence-electron chi connectivity index (χ0n) is 12.5. The molecule has 23 heavy (non-hydrogen) atoms. The Morgan fingerprint density at radius 3 is 1.83 bits per heavy atom. The minimum absolute atomic E-state index is 0. The van der Waals surface area contributed by atoms with E-state index in [-0.39, 0.29) is 28.0 Å². The quantitative estimate of drug-likeness (QED) is 0.251. The van der Waals surface area contributed by atoms with Crippen LogP contribution >= 0.6 is 0 Å². The number of carboxylic acids is 2. The van der Waals surface area contributed by atoms with Crippen molar-refractivity contribution in [2.24, 2.45) is 0 Å². The van der Waals surface area contributed by atoms with Crippen molar-refractivity contribution in [1.82, 2.24) is 10.1 Å². The van der Waals surface area contributed by atoms with Gasteiger partial charge in [-0.25, -0.2) is 0 Å². The van der Waals surface area contributed by atoms with Crippen molar-refractivity contribution in [3.63, 3.8) is 0 Å². The molecule has 0 saturated carbocycles. The van der Waals surface area contributed by atoms with Gasteiger partial charge in [0.2, 0.25) is 0 Å². The number of piperidine rings is 1. The molecule has 0 spiro atoms. The third-order valence-electron chi connectivity index (χ3n) is 3.22. The maximum Gasteiger partial charge on any atom is 0.323 e. The molecule has 0 bridgehead atoms. The van der Waals surface area contributed by atoms with Gasteiger partial charge in [0.05, 0.1) is 0 Å². The summed E-state index contributed by atoms with van der Waals surface area (Å²) >= 11 is 0. The van der Waals surface area contributed by atoms with Gasteiger partial charge < -0.3 is 31.6 Å².